The molecule has 0 atom stereocenters. The van der Waals surface area contributed by atoms with Crippen molar-refractivity contribution in [2.75, 3.05) is 7.11 Å². The molecule has 0 bridgehead atoms. The van der Waals surface area contributed by atoms with Crippen molar-refractivity contribution in [3.63, 3.8) is 0 Å². The second-order valence-electron chi connectivity index (χ2n) is 4.21. The van der Waals surface area contributed by atoms with Crippen LogP contribution in [0.3, 0.4) is 0 Å². The number of methoxy groups -OCH3 is 1. The van der Waals surface area contributed by atoms with Crippen LogP contribution >= 0.6 is 0 Å². The molecule has 0 spiro atoms. The minimum absolute atomic E-state index is 0.0656. The van der Waals surface area contributed by atoms with Crippen molar-refractivity contribution in [1.82, 2.24) is 9.78 Å². The maximum atomic E-state index is 12.4. The van der Waals surface area contributed by atoms with Crippen LogP contribution in [0.25, 0.3) is 11.3 Å². The lowest BCUT2D eigenvalue weighted by Crippen LogP contribution is -2.18. The zero-order chi connectivity index (χ0) is 15.6. The number of carboxylic acid groups (broad SMARTS) is 1. The molecule has 8 heteroatoms. The van der Waals surface area contributed by atoms with Crippen LogP contribution in [0.4, 0.5) is 13.2 Å². The number of hydrogen-bond donors (Lipinski definition) is 1. The predicted octanol–water partition coefficient (Wildman–Crippen LogP) is 2.82. The van der Waals surface area contributed by atoms with E-state index in [4.69, 9.17) is 9.84 Å². The molecule has 21 heavy (non-hydrogen) atoms. The normalized spacial score (nSPS) is 11.4. The van der Waals surface area contributed by atoms with Gasteiger partial charge in [-0.25, -0.2) is 4.79 Å². The topological polar surface area (TPSA) is 64.4 Å². The molecule has 0 aliphatic carbocycles. The number of alkyl halides is 3. The molecule has 1 heterocycles. The lowest BCUT2D eigenvalue weighted by atomic mass is 10.1. The fourth-order valence-corrected chi connectivity index (χ4v) is 1.88. The summed E-state index contributed by atoms with van der Waals surface area (Å²) in [6, 6.07) is 6.39. The Morgan fingerprint density at radius 1 is 1.38 bits per heavy atom. The first-order chi connectivity index (χ1) is 9.81. The summed E-state index contributed by atoms with van der Waals surface area (Å²) in [7, 11) is 1.38. The highest BCUT2D eigenvalue weighted by atomic mass is 19.4. The lowest BCUT2D eigenvalue weighted by molar-refractivity contribution is -0.142. The predicted molar refractivity (Wildman–Crippen MR) is 67.2 cm³/mol. The van der Waals surface area contributed by atoms with Crippen LogP contribution in [0.1, 0.15) is 10.4 Å². The van der Waals surface area contributed by atoms with E-state index >= 15 is 0 Å². The van der Waals surface area contributed by atoms with E-state index in [0.29, 0.717) is 16.0 Å². The largest absolute Gasteiger partial charge is 0.496 e. The van der Waals surface area contributed by atoms with Crippen molar-refractivity contribution < 1.29 is 27.8 Å². The van der Waals surface area contributed by atoms with Gasteiger partial charge >= 0.3 is 12.1 Å². The number of para-hydroxylation sites is 1. The second-order valence-corrected chi connectivity index (χ2v) is 4.21. The molecular formula is C13H11F3N2O3. The zero-order valence-corrected chi connectivity index (χ0v) is 10.9. The average molecular weight is 300 g/mol. The average Bonchev–Trinajstić information content (AvgIpc) is 2.80. The van der Waals surface area contributed by atoms with Crippen molar-refractivity contribution >= 4 is 5.97 Å². The van der Waals surface area contributed by atoms with E-state index in [2.05, 4.69) is 5.10 Å². The van der Waals surface area contributed by atoms with Crippen LogP contribution in [0.5, 0.6) is 5.75 Å². The Kier molecular flexibility index (Phi) is 3.88. The maximum Gasteiger partial charge on any atom is 0.408 e. The van der Waals surface area contributed by atoms with E-state index in [-0.39, 0.29) is 11.3 Å². The van der Waals surface area contributed by atoms with Gasteiger partial charge in [0.1, 0.15) is 23.6 Å². The summed E-state index contributed by atoms with van der Waals surface area (Å²) in [5, 5.41) is 12.9. The maximum absolute atomic E-state index is 12.4. The standard InChI is InChI=1S/C13H11F3N2O3/c1-21-10-5-3-2-4-8(10)11-9(12(19)20)6-18(17-11)7-13(14,15)16/h2-6H,7H2,1H3,(H,19,20). The molecule has 0 unspecified atom stereocenters. The van der Waals surface area contributed by atoms with E-state index < -0.39 is 18.7 Å². The first-order valence-electron chi connectivity index (χ1n) is 5.82. The monoisotopic (exact) mass is 300 g/mol. The smallest absolute Gasteiger partial charge is 0.408 e. The van der Waals surface area contributed by atoms with Gasteiger partial charge in [-0.3, -0.25) is 4.68 Å². The molecular weight excluding hydrogens is 289 g/mol. The van der Waals surface area contributed by atoms with Crippen LogP contribution in [-0.4, -0.2) is 34.1 Å². The van der Waals surface area contributed by atoms with E-state index in [9.17, 15) is 18.0 Å². The molecule has 0 saturated heterocycles. The number of ether oxygens (including phenoxy) is 1. The van der Waals surface area contributed by atoms with Crippen molar-refractivity contribution in [2.45, 2.75) is 12.7 Å². The highest BCUT2D eigenvalue weighted by Crippen LogP contribution is 2.31. The van der Waals surface area contributed by atoms with Crippen LogP contribution in [0.2, 0.25) is 0 Å². The van der Waals surface area contributed by atoms with Gasteiger partial charge in [0.05, 0.1) is 7.11 Å². The van der Waals surface area contributed by atoms with Crippen molar-refractivity contribution in [2.24, 2.45) is 0 Å². The molecule has 5 nitrogen and oxygen atoms in total. The van der Waals surface area contributed by atoms with Gasteiger partial charge in [-0.1, -0.05) is 12.1 Å². The molecule has 0 aliphatic rings. The number of hydrogen-bond acceptors (Lipinski definition) is 3. The van der Waals surface area contributed by atoms with Gasteiger partial charge in [0, 0.05) is 11.8 Å². The molecule has 2 aromatic rings. The van der Waals surface area contributed by atoms with Gasteiger partial charge in [-0.05, 0) is 12.1 Å². The molecule has 2 rings (SSSR count). The number of carbonyl (C=O) groups is 1. The molecule has 1 aromatic heterocycles. The van der Waals surface area contributed by atoms with E-state index in [0.717, 1.165) is 6.20 Å². The molecule has 0 fully saturated rings. The Labute approximate surface area is 117 Å². The third kappa shape index (κ3) is 3.33. The van der Waals surface area contributed by atoms with Crippen LogP contribution in [-0.2, 0) is 6.54 Å². The van der Waals surface area contributed by atoms with Gasteiger partial charge in [-0.2, -0.15) is 18.3 Å². The molecule has 1 aromatic carbocycles. The first kappa shape index (κ1) is 14.9. The molecule has 0 radical (unpaired) electrons. The fourth-order valence-electron chi connectivity index (χ4n) is 1.88. The number of carboxylic acids is 1. The Balaban J connectivity index is 2.54. The van der Waals surface area contributed by atoms with Crippen LogP contribution in [0, 0.1) is 0 Å². The Hall–Kier alpha value is -2.51. The number of aromatic carboxylic acids is 1. The summed E-state index contributed by atoms with van der Waals surface area (Å²) < 4.78 is 42.8. The SMILES string of the molecule is COc1ccccc1-c1nn(CC(F)(F)F)cc1C(=O)O. The summed E-state index contributed by atoms with van der Waals surface area (Å²) in [4.78, 5) is 11.2. The number of rotatable bonds is 4. The minimum atomic E-state index is -4.49. The molecule has 0 aliphatic heterocycles. The van der Waals surface area contributed by atoms with Gasteiger partial charge in [-0.15, -0.1) is 0 Å². The zero-order valence-electron chi connectivity index (χ0n) is 10.9. The molecule has 1 N–H and O–H groups in total. The number of aromatic nitrogens is 2. The van der Waals surface area contributed by atoms with Gasteiger partial charge in [0.15, 0.2) is 0 Å². The van der Waals surface area contributed by atoms with Crippen molar-refractivity contribution in [3.8, 4) is 17.0 Å². The number of nitrogens with zero attached hydrogens (tertiary/aromatic N) is 2. The summed E-state index contributed by atoms with van der Waals surface area (Å²) in [6.07, 6.45) is -3.63. The summed E-state index contributed by atoms with van der Waals surface area (Å²) >= 11 is 0. The first-order valence-corrected chi connectivity index (χ1v) is 5.82. The summed E-state index contributed by atoms with van der Waals surface area (Å²) in [5.41, 5.74) is -0.0636. The highest BCUT2D eigenvalue weighted by Gasteiger charge is 2.30. The van der Waals surface area contributed by atoms with E-state index in [1.807, 2.05) is 0 Å². The molecule has 112 valence electrons. The number of benzene rings is 1. The Morgan fingerprint density at radius 2 is 2.05 bits per heavy atom. The van der Waals surface area contributed by atoms with Crippen molar-refractivity contribution in [1.29, 1.82) is 0 Å². The third-order valence-corrected chi connectivity index (χ3v) is 2.70. The summed E-state index contributed by atoms with van der Waals surface area (Å²) in [5.74, 6) is -1.03. The van der Waals surface area contributed by atoms with Crippen LogP contribution in [0.15, 0.2) is 30.5 Å². The van der Waals surface area contributed by atoms with Gasteiger partial charge < -0.3 is 9.84 Å². The van der Waals surface area contributed by atoms with E-state index in [1.54, 1.807) is 18.2 Å². The lowest BCUT2D eigenvalue weighted by Gasteiger charge is -2.07. The Bertz CT molecular complexity index is 665. The molecule has 0 saturated carbocycles. The number of halogens is 3. The Morgan fingerprint density at radius 3 is 2.62 bits per heavy atom. The van der Waals surface area contributed by atoms with Crippen molar-refractivity contribution in [3.05, 3.63) is 36.0 Å². The van der Waals surface area contributed by atoms with Gasteiger partial charge in [0.2, 0.25) is 0 Å². The van der Waals surface area contributed by atoms with Crippen LogP contribution < -0.4 is 4.74 Å². The third-order valence-electron chi connectivity index (χ3n) is 2.70. The van der Waals surface area contributed by atoms with E-state index in [1.165, 1.54) is 13.2 Å². The fraction of sp³-hybridized carbons (Fsp3) is 0.231. The summed E-state index contributed by atoms with van der Waals surface area (Å²) in [6.45, 7) is -1.36. The highest BCUT2D eigenvalue weighted by molar-refractivity contribution is 5.95. The quantitative estimate of drug-likeness (QED) is 0.943. The second kappa shape index (κ2) is 5.47. The minimum Gasteiger partial charge on any atom is -0.496 e. The molecule has 0 amide bonds. The van der Waals surface area contributed by atoms with Gasteiger partial charge in [0.25, 0.3) is 0 Å².